The Balaban J connectivity index is 0.625. The molecule has 0 atom stereocenters. The molecule has 8 heteroatoms. The molecule has 6 heterocycles. The Morgan fingerprint density at radius 3 is 1.16 bits per heavy atom. The molecule has 2 aliphatic heterocycles. The van der Waals surface area contributed by atoms with Crippen LogP contribution in [0.4, 0.5) is 0 Å². The number of benzene rings is 18. The second-order valence-electron chi connectivity index (χ2n) is 32.6. The minimum atomic E-state index is -0.681. The van der Waals surface area contributed by atoms with Crippen molar-refractivity contribution in [2.45, 2.75) is 10.8 Å². The molecular weight excluding hydrogens is 1490 g/mol. The molecule has 8 nitrogen and oxygen atoms in total. The van der Waals surface area contributed by atoms with Gasteiger partial charge in [-0.3, -0.25) is 4.57 Å². The number of hydrogen-bond acceptors (Lipinski definition) is 6. The van der Waals surface area contributed by atoms with Gasteiger partial charge in [0.1, 0.15) is 28.8 Å². The van der Waals surface area contributed by atoms with Gasteiger partial charge in [0.25, 0.3) is 0 Å². The zero-order chi connectivity index (χ0) is 79.9. The fraction of sp³-hybridized carbons (Fsp3) is 0.0175. The van der Waals surface area contributed by atoms with Crippen LogP contribution in [0.2, 0.25) is 0 Å². The maximum atomic E-state index is 7.28. The number of para-hydroxylation sites is 2. The van der Waals surface area contributed by atoms with Crippen molar-refractivity contribution in [1.29, 1.82) is 0 Å². The first-order chi connectivity index (χ1) is 60.4. The molecule has 4 aromatic heterocycles. The lowest BCUT2D eigenvalue weighted by atomic mass is 9.66. The number of aromatic nitrogens is 6. The normalized spacial score (nSPS) is 13.3. The molecule has 4 aliphatic rings. The van der Waals surface area contributed by atoms with Crippen molar-refractivity contribution in [2.75, 3.05) is 0 Å². The van der Waals surface area contributed by atoms with Gasteiger partial charge in [-0.2, -0.15) is 0 Å². The maximum absolute atomic E-state index is 7.28. The third-order valence-corrected chi connectivity index (χ3v) is 26.3. The van der Waals surface area contributed by atoms with Gasteiger partial charge in [-0.25, -0.2) is 19.9 Å². The molecule has 0 saturated carbocycles. The Labute approximate surface area is 702 Å². The predicted octanol–water partition coefficient (Wildman–Crippen LogP) is 28.4. The highest BCUT2D eigenvalue weighted by Gasteiger charge is 2.53. The average Bonchev–Trinajstić information content (AvgIpc) is 1.50. The molecule has 18 aromatic carbocycles. The molecule has 26 rings (SSSR count). The second kappa shape index (κ2) is 26.2. The van der Waals surface area contributed by atoms with Crippen LogP contribution in [0.5, 0.6) is 23.0 Å². The molecule has 2 aliphatic carbocycles. The number of hydrogen-bond donors (Lipinski definition) is 0. The van der Waals surface area contributed by atoms with Crippen LogP contribution in [-0.4, -0.2) is 29.1 Å². The van der Waals surface area contributed by atoms with Gasteiger partial charge in [0.05, 0.1) is 38.6 Å². The molecule has 0 unspecified atom stereocenters. The van der Waals surface area contributed by atoms with E-state index in [0.29, 0.717) is 17.5 Å². The lowest BCUT2D eigenvalue weighted by Crippen LogP contribution is -2.32. The highest BCUT2D eigenvalue weighted by atomic mass is 16.5. The standard InChI is InChI=1S/C114H68N6O2/c1-4-25-69(26-5-1)71-47-51-75(52-48-71)110-116-111(118-112(117-110)79-32-24-33-81(62-79)119-99-59-56-73-29-10-11-34-82(73)108(99)88-65-96-105(67-101(88)119)121-103-45-22-20-43-94(103)113(96)90-39-16-12-35-84(90)85-36-13-17-40-91(85)113)76-53-49-72(50-54-76)77-55-58-83-78(61-77)57-60-100-109(83)89-66-97-106(122-104-46-23-21-44-95(104)114(97)92-41-18-14-37-86(92)87-38-15-19-42-93(87)114)68-102(89)120(100)107-64-80(70-27-6-2-7-28-70)63-98(115-107)74-30-8-3-9-31-74/h1-68H. The van der Waals surface area contributed by atoms with Gasteiger partial charge in [0.2, 0.25) is 0 Å². The van der Waals surface area contributed by atoms with Crippen molar-refractivity contribution < 1.29 is 9.47 Å². The quantitative estimate of drug-likeness (QED) is 0.143. The number of rotatable bonds is 9. The molecule has 0 N–H and O–H groups in total. The molecule has 566 valence electrons. The van der Waals surface area contributed by atoms with Crippen LogP contribution in [0, 0.1) is 0 Å². The van der Waals surface area contributed by atoms with E-state index >= 15 is 0 Å². The summed E-state index contributed by atoms with van der Waals surface area (Å²) in [7, 11) is 0. The highest BCUT2D eigenvalue weighted by Crippen LogP contribution is 2.65. The van der Waals surface area contributed by atoms with E-state index in [9.17, 15) is 0 Å². The highest BCUT2D eigenvalue weighted by molar-refractivity contribution is 6.24. The molecule has 2 spiro atoms. The summed E-state index contributed by atoms with van der Waals surface area (Å²) in [6.45, 7) is 0. The van der Waals surface area contributed by atoms with Gasteiger partial charge in [-0.05, 0) is 166 Å². The summed E-state index contributed by atoms with van der Waals surface area (Å²) in [6.07, 6.45) is 0. The Morgan fingerprint density at radius 1 is 0.205 bits per heavy atom. The van der Waals surface area contributed by atoms with Crippen molar-refractivity contribution in [1.82, 2.24) is 29.1 Å². The molecule has 22 aromatic rings. The fourth-order valence-electron chi connectivity index (χ4n) is 21.0. The van der Waals surface area contributed by atoms with Gasteiger partial charge in [0.15, 0.2) is 17.5 Å². The van der Waals surface area contributed by atoms with E-state index in [1.165, 1.54) is 60.7 Å². The second-order valence-corrected chi connectivity index (χ2v) is 32.6. The third kappa shape index (κ3) is 9.85. The van der Waals surface area contributed by atoms with E-state index in [1.54, 1.807) is 0 Å². The largest absolute Gasteiger partial charge is 0.457 e. The Bertz CT molecular complexity index is 8040. The Kier molecular flexibility index (Phi) is 14.6. The smallest absolute Gasteiger partial charge is 0.164 e. The summed E-state index contributed by atoms with van der Waals surface area (Å²) in [5, 5.41) is 9.12. The van der Waals surface area contributed by atoms with Crippen LogP contribution in [-0.2, 0) is 10.8 Å². The molecule has 0 fully saturated rings. The molecule has 122 heavy (non-hydrogen) atoms. The number of fused-ring (bicyclic) bond motifs is 28. The van der Waals surface area contributed by atoms with Gasteiger partial charge in [-0.1, -0.05) is 334 Å². The molecule has 0 saturated heterocycles. The Morgan fingerprint density at radius 2 is 0.607 bits per heavy atom. The molecular formula is C114H68N6O2. The van der Waals surface area contributed by atoms with Crippen molar-refractivity contribution in [3.05, 3.63) is 457 Å². The summed E-state index contributed by atoms with van der Waals surface area (Å²) in [6, 6.07) is 149. The molecule has 0 amide bonds. The van der Waals surface area contributed by atoms with E-state index in [0.717, 1.165) is 167 Å². The van der Waals surface area contributed by atoms with Crippen LogP contribution >= 0.6 is 0 Å². The maximum Gasteiger partial charge on any atom is 0.164 e. The summed E-state index contributed by atoms with van der Waals surface area (Å²) >= 11 is 0. The molecule has 0 bridgehead atoms. The van der Waals surface area contributed by atoms with Gasteiger partial charge in [-0.15, -0.1) is 0 Å². The van der Waals surface area contributed by atoms with Crippen LogP contribution in [0.15, 0.2) is 413 Å². The van der Waals surface area contributed by atoms with Crippen molar-refractivity contribution in [3.8, 4) is 136 Å². The van der Waals surface area contributed by atoms with E-state index in [2.05, 4.69) is 422 Å². The SMILES string of the molecule is c1ccc(-c2ccc(-c3nc(-c4ccc(-c5ccc6c(ccc7c6c6cc8c(cc6n7-c6cc(-c7ccccc7)cc(-c7ccccc7)n6)Oc6ccccc6C86c7ccccc7-c7ccccc76)c5)cc4)nc(-c4cccc(-n5c6cc7c(cc6c6c8ccccc8ccc65)C5(c6ccccc6O7)c6ccccc6-c6ccccc65)c4)n3)cc2)cc1. The summed E-state index contributed by atoms with van der Waals surface area (Å²) < 4.78 is 19.3. The first-order valence-electron chi connectivity index (χ1n) is 41.7. The van der Waals surface area contributed by atoms with Crippen LogP contribution in [0.3, 0.4) is 0 Å². The van der Waals surface area contributed by atoms with Crippen molar-refractivity contribution in [2.24, 2.45) is 0 Å². The van der Waals surface area contributed by atoms with Crippen molar-refractivity contribution >= 4 is 65.2 Å². The van der Waals surface area contributed by atoms with E-state index in [4.69, 9.17) is 29.4 Å². The lowest BCUT2D eigenvalue weighted by molar-refractivity contribution is 0.437. The van der Waals surface area contributed by atoms with Crippen LogP contribution in [0.1, 0.15) is 44.5 Å². The predicted molar refractivity (Wildman–Crippen MR) is 494 cm³/mol. The number of pyridine rings is 1. The Hall–Kier alpha value is -16.2. The van der Waals surface area contributed by atoms with Gasteiger partial charge in [0, 0.05) is 83.9 Å². The minimum absolute atomic E-state index is 0.552. The topological polar surface area (TPSA) is 79.9 Å². The first-order valence-corrected chi connectivity index (χ1v) is 41.7. The average molecular weight is 1550 g/mol. The monoisotopic (exact) mass is 1550 g/mol. The fourth-order valence-corrected chi connectivity index (χ4v) is 21.0. The van der Waals surface area contributed by atoms with Crippen LogP contribution < -0.4 is 9.47 Å². The lowest BCUT2D eigenvalue weighted by Gasteiger charge is -2.39. The zero-order valence-corrected chi connectivity index (χ0v) is 65.8. The van der Waals surface area contributed by atoms with Crippen LogP contribution in [0.25, 0.3) is 178 Å². The van der Waals surface area contributed by atoms with E-state index in [1.807, 2.05) is 0 Å². The van der Waals surface area contributed by atoms with Gasteiger partial charge < -0.3 is 14.0 Å². The third-order valence-electron chi connectivity index (χ3n) is 26.3. The van der Waals surface area contributed by atoms with E-state index in [-0.39, 0.29) is 0 Å². The number of nitrogens with zero attached hydrogens (tertiary/aromatic N) is 6. The summed E-state index contributed by atoms with van der Waals surface area (Å²) in [5.74, 6) is 5.80. The molecule has 0 radical (unpaired) electrons. The summed E-state index contributed by atoms with van der Waals surface area (Å²) in [5.41, 5.74) is 29.2. The first kappa shape index (κ1) is 68.0. The van der Waals surface area contributed by atoms with E-state index < -0.39 is 10.8 Å². The summed E-state index contributed by atoms with van der Waals surface area (Å²) in [4.78, 5) is 22.0. The van der Waals surface area contributed by atoms with Crippen molar-refractivity contribution in [3.63, 3.8) is 0 Å². The minimum Gasteiger partial charge on any atom is -0.457 e. The van der Waals surface area contributed by atoms with Gasteiger partial charge >= 0.3 is 0 Å². The zero-order valence-electron chi connectivity index (χ0n) is 65.8. The number of ether oxygens (including phenoxy) is 2.